The molecule has 2 aliphatic rings. The van der Waals surface area contributed by atoms with Crippen LogP contribution in [0.1, 0.15) is 45.2 Å². The zero-order valence-corrected chi connectivity index (χ0v) is 11.5. The molecule has 2 heterocycles. The highest BCUT2D eigenvalue weighted by molar-refractivity contribution is 5.08. The third-order valence-electron chi connectivity index (χ3n) is 4.03. The van der Waals surface area contributed by atoms with Crippen LogP contribution >= 0.6 is 0 Å². The molecule has 3 heteroatoms. The quantitative estimate of drug-likeness (QED) is 0.867. The van der Waals surface area contributed by atoms with Gasteiger partial charge in [0.1, 0.15) is 0 Å². The van der Waals surface area contributed by atoms with E-state index in [-0.39, 0.29) is 5.60 Å². The van der Waals surface area contributed by atoms with Crippen LogP contribution in [0.25, 0.3) is 0 Å². The molecular formula is C15H24N2O. The van der Waals surface area contributed by atoms with Gasteiger partial charge in [-0.05, 0) is 51.7 Å². The van der Waals surface area contributed by atoms with E-state index in [4.69, 9.17) is 4.74 Å². The average molecular weight is 248 g/mol. The van der Waals surface area contributed by atoms with E-state index in [0.29, 0.717) is 6.10 Å². The molecule has 1 N–H and O–H groups in total. The second kappa shape index (κ2) is 4.71. The van der Waals surface area contributed by atoms with Crippen molar-refractivity contribution >= 4 is 0 Å². The van der Waals surface area contributed by atoms with E-state index < -0.39 is 0 Å². The predicted molar refractivity (Wildman–Crippen MR) is 72.5 cm³/mol. The summed E-state index contributed by atoms with van der Waals surface area (Å²) >= 11 is 0. The molecule has 0 spiro atoms. The van der Waals surface area contributed by atoms with Crippen LogP contribution in [-0.2, 0) is 17.8 Å². The zero-order chi connectivity index (χ0) is 12.6. The Kier molecular flexibility index (Phi) is 3.20. The van der Waals surface area contributed by atoms with Gasteiger partial charge in [0.2, 0.25) is 0 Å². The van der Waals surface area contributed by atoms with Gasteiger partial charge in [0.25, 0.3) is 0 Å². The van der Waals surface area contributed by atoms with E-state index in [9.17, 15) is 0 Å². The molecule has 1 atom stereocenters. The molecule has 18 heavy (non-hydrogen) atoms. The van der Waals surface area contributed by atoms with Gasteiger partial charge < -0.3 is 14.6 Å². The molecule has 0 amide bonds. The Bertz CT molecular complexity index is 406. The molecular weight excluding hydrogens is 224 g/mol. The van der Waals surface area contributed by atoms with Gasteiger partial charge in [-0.25, -0.2) is 0 Å². The zero-order valence-electron chi connectivity index (χ0n) is 11.5. The summed E-state index contributed by atoms with van der Waals surface area (Å²) in [6, 6.07) is 5.13. The van der Waals surface area contributed by atoms with Crippen LogP contribution < -0.4 is 5.32 Å². The van der Waals surface area contributed by atoms with Crippen molar-refractivity contribution < 1.29 is 4.74 Å². The summed E-state index contributed by atoms with van der Waals surface area (Å²) in [5, 5.41) is 3.58. The Balaban J connectivity index is 1.57. The predicted octanol–water partition coefficient (Wildman–Crippen LogP) is 2.70. The van der Waals surface area contributed by atoms with E-state index in [2.05, 4.69) is 42.1 Å². The van der Waals surface area contributed by atoms with Gasteiger partial charge in [-0.3, -0.25) is 0 Å². The third kappa shape index (κ3) is 2.96. The fourth-order valence-electron chi connectivity index (χ4n) is 2.75. The van der Waals surface area contributed by atoms with Crippen LogP contribution in [0.4, 0.5) is 0 Å². The molecule has 0 bridgehead atoms. The molecule has 1 unspecified atom stereocenters. The SMILES string of the molecule is CC1(C)CCC(Cn2cccc2CNC2CC2)O1. The summed E-state index contributed by atoms with van der Waals surface area (Å²) in [5.41, 5.74) is 1.46. The smallest absolute Gasteiger partial charge is 0.0762 e. The lowest BCUT2D eigenvalue weighted by Gasteiger charge is -2.20. The standard InChI is InChI=1S/C15H24N2O/c1-15(2)8-7-14(18-15)11-17-9-3-4-13(17)10-16-12-5-6-12/h3-4,9,12,14,16H,5-8,10-11H2,1-2H3. The summed E-state index contributed by atoms with van der Waals surface area (Å²) in [4.78, 5) is 0. The van der Waals surface area contributed by atoms with Crippen molar-refractivity contribution in [1.29, 1.82) is 0 Å². The topological polar surface area (TPSA) is 26.2 Å². The molecule has 1 aliphatic heterocycles. The van der Waals surface area contributed by atoms with Crippen LogP contribution in [-0.4, -0.2) is 22.3 Å². The number of rotatable bonds is 5. The monoisotopic (exact) mass is 248 g/mol. The van der Waals surface area contributed by atoms with Crippen molar-refractivity contribution in [1.82, 2.24) is 9.88 Å². The Morgan fingerprint density at radius 1 is 1.39 bits per heavy atom. The van der Waals surface area contributed by atoms with Gasteiger partial charge in [0, 0.05) is 31.0 Å². The first kappa shape index (κ1) is 12.2. The van der Waals surface area contributed by atoms with Crippen LogP contribution in [0.2, 0.25) is 0 Å². The van der Waals surface area contributed by atoms with Gasteiger partial charge in [0.05, 0.1) is 11.7 Å². The summed E-state index contributed by atoms with van der Waals surface area (Å²) in [6.07, 6.45) is 7.61. The maximum Gasteiger partial charge on any atom is 0.0762 e. The van der Waals surface area contributed by atoms with Gasteiger partial charge >= 0.3 is 0 Å². The van der Waals surface area contributed by atoms with Crippen LogP contribution in [0.5, 0.6) is 0 Å². The third-order valence-corrected chi connectivity index (χ3v) is 4.03. The number of hydrogen-bond acceptors (Lipinski definition) is 2. The first-order valence-corrected chi connectivity index (χ1v) is 7.18. The Morgan fingerprint density at radius 3 is 2.89 bits per heavy atom. The first-order chi connectivity index (χ1) is 8.62. The molecule has 2 fully saturated rings. The van der Waals surface area contributed by atoms with Gasteiger partial charge in [-0.1, -0.05) is 0 Å². The Morgan fingerprint density at radius 2 is 2.22 bits per heavy atom. The first-order valence-electron chi connectivity index (χ1n) is 7.18. The van der Waals surface area contributed by atoms with E-state index in [1.54, 1.807) is 0 Å². The Hall–Kier alpha value is -0.800. The summed E-state index contributed by atoms with van der Waals surface area (Å²) < 4.78 is 8.42. The van der Waals surface area contributed by atoms with E-state index in [0.717, 1.165) is 19.1 Å². The largest absolute Gasteiger partial charge is 0.370 e. The van der Waals surface area contributed by atoms with Gasteiger partial charge in [-0.15, -0.1) is 0 Å². The molecule has 1 saturated carbocycles. The molecule has 100 valence electrons. The lowest BCUT2D eigenvalue weighted by Crippen LogP contribution is -2.24. The second-order valence-electron chi connectivity index (χ2n) is 6.35. The molecule has 0 aromatic carbocycles. The highest BCUT2D eigenvalue weighted by Gasteiger charge is 2.31. The Labute approximate surface area is 110 Å². The maximum absolute atomic E-state index is 6.07. The van der Waals surface area contributed by atoms with Gasteiger partial charge in [0.15, 0.2) is 0 Å². The number of nitrogens with zero attached hydrogens (tertiary/aromatic N) is 1. The van der Waals surface area contributed by atoms with Crippen molar-refractivity contribution in [2.24, 2.45) is 0 Å². The van der Waals surface area contributed by atoms with Crippen molar-refractivity contribution in [3.05, 3.63) is 24.0 Å². The highest BCUT2D eigenvalue weighted by Crippen LogP contribution is 2.30. The normalized spacial score (nSPS) is 26.7. The van der Waals surface area contributed by atoms with Crippen LogP contribution in [0.15, 0.2) is 18.3 Å². The van der Waals surface area contributed by atoms with E-state index in [1.165, 1.54) is 31.4 Å². The second-order valence-corrected chi connectivity index (χ2v) is 6.35. The fourth-order valence-corrected chi connectivity index (χ4v) is 2.75. The van der Waals surface area contributed by atoms with Crippen LogP contribution in [0, 0.1) is 0 Å². The maximum atomic E-state index is 6.07. The van der Waals surface area contributed by atoms with Crippen molar-refractivity contribution in [3.8, 4) is 0 Å². The molecule has 1 saturated heterocycles. The number of aromatic nitrogens is 1. The summed E-state index contributed by atoms with van der Waals surface area (Å²) in [7, 11) is 0. The number of hydrogen-bond donors (Lipinski definition) is 1. The minimum Gasteiger partial charge on any atom is -0.370 e. The summed E-state index contributed by atoms with van der Waals surface area (Å²) in [5.74, 6) is 0. The van der Waals surface area contributed by atoms with Crippen molar-refractivity contribution in [3.63, 3.8) is 0 Å². The van der Waals surface area contributed by atoms with E-state index >= 15 is 0 Å². The molecule has 3 rings (SSSR count). The van der Waals surface area contributed by atoms with Crippen molar-refractivity contribution in [2.45, 2.75) is 70.4 Å². The number of ether oxygens (including phenoxy) is 1. The molecule has 1 aromatic rings. The molecule has 3 nitrogen and oxygen atoms in total. The fraction of sp³-hybridized carbons (Fsp3) is 0.733. The average Bonchev–Trinajstić information content (AvgIpc) is 2.94. The lowest BCUT2D eigenvalue weighted by atomic mass is 10.1. The number of nitrogens with one attached hydrogen (secondary N) is 1. The summed E-state index contributed by atoms with van der Waals surface area (Å²) in [6.45, 7) is 6.38. The highest BCUT2D eigenvalue weighted by atomic mass is 16.5. The van der Waals surface area contributed by atoms with Crippen molar-refractivity contribution in [2.75, 3.05) is 0 Å². The minimum atomic E-state index is 0.0737. The molecule has 1 aliphatic carbocycles. The van der Waals surface area contributed by atoms with E-state index in [1.807, 2.05) is 0 Å². The minimum absolute atomic E-state index is 0.0737. The molecule has 1 aromatic heterocycles. The van der Waals surface area contributed by atoms with Gasteiger partial charge in [-0.2, -0.15) is 0 Å². The lowest BCUT2D eigenvalue weighted by molar-refractivity contribution is -0.0219. The molecule has 0 radical (unpaired) electrons. The van der Waals surface area contributed by atoms with Crippen LogP contribution in [0.3, 0.4) is 0 Å².